The molecule has 0 saturated heterocycles. The summed E-state index contributed by atoms with van der Waals surface area (Å²) in [6.07, 6.45) is 0.709. The van der Waals surface area contributed by atoms with Crippen LogP contribution in [0.3, 0.4) is 0 Å². The zero-order valence-corrected chi connectivity index (χ0v) is 10.2. The van der Waals surface area contributed by atoms with Crippen molar-refractivity contribution in [2.75, 3.05) is 6.61 Å². The summed E-state index contributed by atoms with van der Waals surface area (Å²) < 4.78 is 1.68. The predicted molar refractivity (Wildman–Crippen MR) is 61.3 cm³/mol. The van der Waals surface area contributed by atoms with E-state index in [0.717, 1.165) is 5.69 Å². The minimum Gasteiger partial charge on any atom is -0.394 e. The number of hydrogen-bond donors (Lipinski definition) is 2. The Hall–Kier alpha value is -1.36. The first-order valence-corrected chi connectivity index (χ1v) is 5.43. The third-order valence-electron chi connectivity index (χ3n) is 2.78. The lowest BCUT2D eigenvalue weighted by Gasteiger charge is -2.13. The normalized spacial score (nSPS) is 12.6. The fourth-order valence-electron chi connectivity index (χ4n) is 1.64. The van der Waals surface area contributed by atoms with Gasteiger partial charge in [0.2, 0.25) is 0 Å². The van der Waals surface area contributed by atoms with E-state index < -0.39 is 0 Å². The van der Waals surface area contributed by atoms with Crippen molar-refractivity contribution >= 4 is 5.91 Å². The van der Waals surface area contributed by atoms with Crippen LogP contribution in [0.5, 0.6) is 0 Å². The van der Waals surface area contributed by atoms with E-state index in [4.69, 9.17) is 5.11 Å². The maximum Gasteiger partial charge on any atom is 0.255 e. The number of aryl methyl sites for hydroxylation is 2. The quantitative estimate of drug-likeness (QED) is 0.785. The third-order valence-corrected chi connectivity index (χ3v) is 2.78. The highest BCUT2D eigenvalue weighted by atomic mass is 16.3. The van der Waals surface area contributed by atoms with E-state index in [-0.39, 0.29) is 18.6 Å². The summed E-state index contributed by atoms with van der Waals surface area (Å²) in [7, 11) is 1.81. The molecule has 5 nitrogen and oxygen atoms in total. The number of carbonyl (C=O) groups excluding carboxylic acids is 1. The average molecular weight is 225 g/mol. The molecule has 1 aromatic rings. The summed E-state index contributed by atoms with van der Waals surface area (Å²) in [5, 5.41) is 16.0. The van der Waals surface area contributed by atoms with Gasteiger partial charge in [-0.1, -0.05) is 6.92 Å². The molecule has 0 saturated carbocycles. The van der Waals surface area contributed by atoms with Gasteiger partial charge in [0.1, 0.15) is 0 Å². The average Bonchev–Trinajstić information content (AvgIpc) is 2.49. The Bertz CT molecular complexity index is 381. The number of hydrogen-bond acceptors (Lipinski definition) is 3. The number of aliphatic hydroxyl groups is 1. The lowest BCUT2D eigenvalue weighted by Crippen LogP contribution is -2.37. The van der Waals surface area contributed by atoms with Crippen LogP contribution in [0.25, 0.3) is 0 Å². The third kappa shape index (κ3) is 2.41. The molecular formula is C11H19N3O2. The van der Waals surface area contributed by atoms with Crippen molar-refractivity contribution in [2.45, 2.75) is 33.2 Å². The largest absolute Gasteiger partial charge is 0.394 e. The first-order valence-electron chi connectivity index (χ1n) is 5.43. The minimum atomic E-state index is -0.188. The second-order valence-electron chi connectivity index (χ2n) is 3.93. The smallest absolute Gasteiger partial charge is 0.255 e. The maximum absolute atomic E-state index is 12.0. The number of aromatic nitrogens is 2. The number of nitrogens with zero attached hydrogens (tertiary/aromatic N) is 2. The fraction of sp³-hybridized carbons (Fsp3) is 0.636. The van der Waals surface area contributed by atoms with Crippen molar-refractivity contribution in [3.8, 4) is 0 Å². The van der Waals surface area contributed by atoms with Crippen LogP contribution in [0.1, 0.15) is 35.1 Å². The first kappa shape index (κ1) is 12.7. The monoisotopic (exact) mass is 225 g/mol. The van der Waals surface area contributed by atoms with Gasteiger partial charge >= 0.3 is 0 Å². The van der Waals surface area contributed by atoms with Crippen LogP contribution in [0, 0.1) is 13.8 Å². The summed E-state index contributed by atoms with van der Waals surface area (Å²) in [4.78, 5) is 12.0. The molecule has 1 atom stereocenters. The van der Waals surface area contributed by atoms with Gasteiger partial charge in [0.25, 0.3) is 5.91 Å². The predicted octanol–water partition coefficient (Wildman–Crippen LogP) is 0.538. The highest BCUT2D eigenvalue weighted by Crippen LogP contribution is 2.11. The Morgan fingerprint density at radius 2 is 2.19 bits per heavy atom. The first-order chi connectivity index (χ1) is 7.51. The second kappa shape index (κ2) is 5.12. The molecular weight excluding hydrogens is 206 g/mol. The molecule has 0 aliphatic heterocycles. The molecule has 1 amide bonds. The van der Waals surface area contributed by atoms with Crippen LogP contribution in [0.15, 0.2) is 0 Å². The maximum atomic E-state index is 12.0. The fourth-order valence-corrected chi connectivity index (χ4v) is 1.64. The van der Waals surface area contributed by atoms with Crippen LogP contribution in [0.2, 0.25) is 0 Å². The Morgan fingerprint density at radius 1 is 1.56 bits per heavy atom. The molecule has 1 heterocycles. The molecule has 0 aliphatic rings. The van der Waals surface area contributed by atoms with Crippen LogP contribution >= 0.6 is 0 Å². The van der Waals surface area contributed by atoms with Crippen LogP contribution in [-0.2, 0) is 7.05 Å². The van der Waals surface area contributed by atoms with E-state index >= 15 is 0 Å². The summed E-state index contributed by atoms with van der Waals surface area (Å²) in [5.41, 5.74) is 2.16. The van der Waals surface area contributed by atoms with Gasteiger partial charge in [0, 0.05) is 12.7 Å². The van der Waals surface area contributed by atoms with Crippen molar-refractivity contribution in [3.63, 3.8) is 0 Å². The number of rotatable bonds is 4. The molecule has 2 N–H and O–H groups in total. The van der Waals surface area contributed by atoms with Gasteiger partial charge in [-0.25, -0.2) is 0 Å². The van der Waals surface area contributed by atoms with Crippen molar-refractivity contribution < 1.29 is 9.90 Å². The van der Waals surface area contributed by atoms with Gasteiger partial charge in [-0.3, -0.25) is 9.48 Å². The molecule has 0 unspecified atom stereocenters. The van der Waals surface area contributed by atoms with E-state index in [2.05, 4.69) is 10.4 Å². The van der Waals surface area contributed by atoms with E-state index in [0.29, 0.717) is 17.7 Å². The van der Waals surface area contributed by atoms with E-state index in [1.807, 2.05) is 27.8 Å². The van der Waals surface area contributed by atoms with Gasteiger partial charge in [0.15, 0.2) is 0 Å². The molecule has 90 valence electrons. The highest BCUT2D eigenvalue weighted by Gasteiger charge is 2.19. The second-order valence-corrected chi connectivity index (χ2v) is 3.93. The summed E-state index contributed by atoms with van der Waals surface area (Å²) in [6.45, 7) is 5.54. The Labute approximate surface area is 95.5 Å². The topological polar surface area (TPSA) is 67.2 Å². The van der Waals surface area contributed by atoms with Gasteiger partial charge in [-0.05, 0) is 20.3 Å². The standard InChI is InChI=1S/C11H19N3O2/c1-5-9(6-15)12-11(16)10-7(2)13-14(4)8(10)3/h9,15H,5-6H2,1-4H3,(H,12,16)/t9-/m1/s1. The van der Waals surface area contributed by atoms with E-state index in [1.54, 1.807) is 4.68 Å². The molecule has 5 heteroatoms. The van der Waals surface area contributed by atoms with Crippen molar-refractivity contribution in [1.29, 1.82) is 0 Å². The van der Waals surface area contributed by atoms with Crippen molar-refractivity contribution in [3.05, 3.63) is 17.0 Å². The van der Waals surface area contributed by atoms with Crippen molar-refractivity contribution in [1.82, 2.24) is 15.1 Å². The molecule has 1 aromatic heterocycles. The zero-order chi connectivity index (χ0) is 12.3. The molecule has 1 rings (SSSR count). The van der Waals surface area contributed by atoms with Crippen molar-refractivity contribution in [2.24, 2.45) is 7.05 Å². The number of carbonyl (C=O) groups is 1. The van der Waals surface area contributed by atoms with Gasteiger partial charge < -0.3 is 10.4 Å². The Balaban J connectivity index is 2.88. The number of aliphatic hydroxyl groups excluding tert-OH is 1. The summed E-state index contributed by atoms with van der Waals surface area (Å²) in [5.74, 6) is -0.163. The van der Waals surface area contributed by atoms with Gasteiger partial charge in [0.05, 0.1) is 23.9 Å². The molecule has 0 aromatic carbocycles. The lowest BCUT2D eigenvalue weighted by molar-refractivity contribution is 0.0913. The number of amides is 1. The molecule has 0 aliphatic carbocycles. The Kier molecular flexibility index (Phi) is 4.06. The van der Waals surface area contributed by atoms with E-state index in [1.165, 1.54) is 0 Å². The zero-order valence-electron chi connectivity index (χ0n) is 10.2. The minimum absolute atomic E-state index is 0.0411. The lowest BCUT2D eigenvalue weighted by atomic mass is 10.1. The molecule has 0 spiro atoms. The highest BCUT2D eigenvalue weighted by molar-refractivity contribution is 5.96. The van der Waals surface area contributed by atoms with E-state index in [9.17, 15) is 4.79 Å². The molecule has 16 heavy (non-hydrogen) atoms. The van der Waals surface area contributed by atoms with Crippen LogP contribution in [0.4, 0.5) is 0 Å². The Morgan fingerprint density at radius 3 is 2.56 bits per heavy atom. The number of nitrogens with one attached hydrogen (secondary N) is 1. The van der Waals surface area contributed by atoms with Crippen LogP contribution in [-0.4, -0.2) is 33.4 Å². The molecule has 0 bridgehead atoms. The summed E-state index contributed by atoms with van der Waals surface area (Å²) >= 11 is 0. The molecule has 0 radical (unpaired) electrons. The SMILES string of the molecule is CC[C@H](CO)NC(=O)c1c(C)nn(C)c1C. The summed E-state index contributed by atoms with van der Waals surface area (Å²) in [6, 6.07) is -0.188. The van der Waals surface area contributed by atoms with Crippen LogP contribution < -0.4 is 5.32 Å². The van der Waals surface area contributed by atoms with Gasteiger partial charge in [-0.2, -0.15) is 5.10 Å². The van der Waals surface area contributed by atoms with Gasteiger partial charge in [-0.15, -0.1) is 0 Å². The molecule has 0 fully saturated rings.